The van der Waals surface area contributed by atoms with E-state index in [0.717, 1.165) is 15.6 Å². The highest BCUT2D eigenvalue weighted by Crippen LogP contribution is 2.24. The van der Waals surface area contributed by atoms with Gasteiger partial charge in [-0.25, -0.2) is 4.98 Å². The lowest BCUT2D eigenvalue weighted by Gasteiger charge is -2.08. The quantitative estimate of drug-likeness (QED) is 0.841. The first-order valence-electron chi connectivity index (χ1n) is 3.58. The number of methoxy groups -OCH3 is 1. The lowest BCUT2D eigenvalue weighted by atomic mass is 10.1. The summed E-state index contributed by atoms with van der Waals surface area (Å²) in [4.78, 5) is 4.08. The number of aromatic nitrogens is 1. The van der Waals surface area contributed by atoms with Crippen molar-refractivity contribution in [2.45, 2.75) is 13.5 Å². The molecule has 1 aromatic rings. The van der Waals surface area contributed by atoms with Crippen LogP contribution in [0, 0.1) is 6.92 Å². The van der Waals surface area contributed by atoms with E-state index < -0.39 is 0 Å². The zero-order chi connectivity index (χ0) is 9.14. The molecule has 1 rings (SSSR count). The van der Waals surface area contributed by atoms with Gasteiger partial charge in [-0.05, 0) is 28.4 Å². The minimum Gasteiger partial charge on any atom is -0.481 e. The molecule has 2 N–H and O–H groups in total. The molecule has 0 bridgehead atoms. The molecule has 0 unspecified atom stereocenters. The Morgan fingerprint density at radius 2 is 2.33 bits per heavy atom. The van der Waals surface area contributed by atoms with Crippen LogP contribution in [0.3, 0.4) is 0 Å². The largest absolute Gasteiger partial charge is 0.481 e. The number of halogens is 1. The van der Waals surface area contributed by atoms with Gasteiger partial charge in [0, 0.05) is 22.8 Å². The van der Waals surface area contributed by atoms with Crippen molar-refractivity contribution in [3.05, 3.63) is 21.8 Å². The third-order valence-corrected chi connectivity index (χ3v) is 2.44. The molecular weight excluding hydrogens is 220 g/mol. The Labute approximate surface area is 80.1 Å². The second-order valence-corrected chi connectivity index (χ2v) is 3.28. The monoisotopic (exact) mass is 230 g/mol. The first-order valence-corrected chi connectivity index (χ1v) is 4.38. The van der Waals surface area contributed by atoms with Gasteiger partial charge >= 0.3 is 0 Å². The summed E-state index contributed by atoms with van der Waals surface area (Å²) >= 11 is 3.37. The standard InChI is InChI=1S/C8H11BrN2O/c1-5-6(3-10)7(9)4-11-8(5)12-2/h4H,3,10H2,1-2H3. The lowest BCUT2D eigenvalue weighted by Crippen LogP contribution is -2.03. The van der Waals surface area contributed by atoms with Crippen LogP contribution >= 0.6 is 15.9 Å². The second kappa shape index (κ2) is 3.87. The van der Waals surface area contributed by atoms with Crippen LogP contribution in [0.2, 0.25) is 0 Å². The maximum Gasteiger partial charge on any atom is 0.216 e. The Morgan fingerprint density at radius 3 is 2.83 bits per heavy atom. The van der Waals surface area contributed by atoms with Crippen LogP contribution < -0.4 is 10.5 Å². The van der Waals surface area contributed by atoms with E-state index in [1.54, 1.807) is 13.3 Å². The summed E-state index contributed by atoms with van der Waals surface area (Å²) in [6.07, 6.45) is 1.70. The normalized spacial score (nSPS) is 10.0. The molecule has 0 spiro atoms. The molecular formula is C8H11BrN2O. The molecule has 0 aliphatic carbocycles. The van der Waals surface area contributed by atoms with Gasteiger partial charge in [0.25, 0.3) is 0 Å². The predicted molar refractivity (Wildman–Crippen MR) is 51.1 cm³/mol. The highest BCUT2D eigenvalue weighted by atomic mass is 79.9. The van der Waals surface area contributed by atoms with Gasteiger partial charge in [0.15, 0.2) is 0 Å². The molecule has 1 aromatic heterocycles. The number of rotatable bonds is 2. The number of hydrogen-bond donors (Lipinski definition) is 1. The third kappa shape index (κ3) is 1.59. The molecule has 0 fully saturated rings. The number of pyridine rings is 1. The van der Waals surface area contributed by atoms with Crippen LogP contribution in [-0.2, 0) is 6.54 Å². The average molecular weight is 231 g/mol. The van der Waals surface area contributed by atoms with E-state index >= 15 is 0 Å². The van der Waals surface area contributed by atoms with Crippen molar-refractivity contribution in [1.29, 1.82) is 0 Å². The second-order valence-electron chi connectivity index (χ2n) is 2.42. The smallest absolute Gasteiger partial charge is 0.216 e. The molecule has 0 amide bonds. The lowest BCUT2D eigenvalue weighted by molar-refractivity contribution is 0.393. The minimum atomic E-state index is 0.491. The predicted octanol–water partition coefficient (Wildman–Crippen LogP) is 1.62. The number of nitrogens with zero attached hydrogens (tertiary/aromatic N) is 1. The van der Waals surface area contributed by atoms with Crippen LogP contribution in [0.25, 0.3) is 0 Å². The van der Waals surface area contributed by atoms with E-state index in [1.807, 2.05) is 6.92 Å². The summed E-state index contributed by atoms with van der Waals surface area (Å²) in [7, 11) is 1.60. The van der Waals surface area contributed by atoms with E-state index in [0.29, 0.717) is 12.4 Å². The first-order chi connectivity index (χ1) is 5.70. The number of nitrogens with two attached hydrogens (primary N) is 1. The summed E-state index contributed by atoms with van der Waals surface area (Å²) < 4.78 is 5.99. The molecule has 4 heteroatoms. The Balaban J connectivity index is 3.24. The van der Waals surface area contributed by atoms with Crippen molar-refractivity contribution in [1.82, 2.24) is 4.98 Å². The van der Waals surface area contributed by atoms with Crippen molar-refractivity contribution >= 4 is 15.9 Å². The fourth-order valence-corrected chi connectivity index (χ4v) is 1.62. The average Bonchev–Trinajstić information content (AvgIpc) is 2.06. The fourth-order valence-electron chi connectivity index (χ4n) is 1.05. The fraction of sp³-hybridized carbons (Fsp3) is 0.375. The van der Waals surface area contributed by atoms with Gasteiger partial charge in [-0.15, -0.1) is 0 Å². The van der Waals surface area contributed by atoms with Gasteiger partial charge in [0.2, 0.25) is 5.88 Å². The van der Waals surface area contributed by atoms with Crippen LogP contribution in [0.5, 0.6) is 5.88 Å². The van der Waals surface area contributed by atoms with E-state index in [9.17, 15) is 0 Å². The highest BCUT2D eigenvalue weighted by molar-refractivity contribution is 9.10. The van der Waals surface area contributed by atoms with E-state index in [4.69, 9.17) is 10.5 Å². The zero-order valence-electron chi connectivity index (χ0n) is 7.10. The van der Waals surface area contributed by atoms with E-state index in [2.05, 4.69) is 20.9 Å². The maximum atomic E-state index is 5.56. The van der Waals surface area contributed by atoms with Crippen molar-refractivity contribution in [3.63, 3.8) is 0 Å². The van der Waals surface area contributed by atoms with Gasteiger partial charge in [-0.3, -0.25) is 0 Å². The highest BCUT2D eigenvalue weighted by Gasteiger charge is 2.07. The van der Waals surface area contributed by atoms with E-state index in [-0.39, 0.29) is 0 Å². The Morgan fingerprint density at radius 1 is 1.67 bits per heavy atom. The molecule has 66 valence electrons. The molecule has 0 aliphatic heterocycles. The van der Waals surface area contributed by atoms with Gasteiger partial charge in [-0.2, -0.15) is 0 Å². The molecule has 0 radical (unpaired) electrons. The summed E-state index contributed by atoms with van der Waals surface area (Å²) in [5.41, 5.74) is 7.60. The summed E-state index contributed by atoms with van der Waals surface area (Å²) in [5, 5.41) is 0. The molecule has 12 heavy (non-hydrogen) atoms. The van der Waals surface area contributed by atoms with Gasteiger partial charge in [0.05, 0.1) is 7.11 Å². The Bertz CT molecular complexity index is 289. The van der Waals surface area contributed by atoms with Crippen LogP contribution in [0.1, 0.15) is 11.1 Å². The van der Waals surface area contributed by atoms with Crippen molar-refractivity contribution in [2.75, 3.05) is 7.11 Å². The Hall–Kier alpha value is -0.610. The molecule has 0 saturated carbocycles. The van der Waals surface area contributed by atoms with Crippen molar-refractivity contribution in [3.8, 4) is 5.88 Å². The van der Waals surface area contributed by atoms with Gasteiger partial charge in [0.1, 0.15) is 0 Å². The Kier molecular flexibility index (Phi) is 3.05. The third-order valence-electron chi connectivity index (χ3n) is 1.75. The SMILES string of the molecule is COc1ncc(Br)c(CN)c1C. The topological polar surface area (TPSA) is 48.1 Å². The molecule has 0 atom stereocenters. The van der Waals surface area contributed by atoms with Crippen LogP contribution in [0.15, 0.2) is 10.7 Å². The summed E-state index contributed by atoms with van der Waals surface area (Å²) in [5.74, 6) is 0.638. The molecule has 0 aliphatic rings. The van der Waals surface area contributed by atoms with Crippen molar-refractivity contribution < 1.29 is 4.74 Å². The number of ether oxygens (including phenoxy) is 1. The van der Waals surface area contributed by atoms with Gasteiger partial charge < -0.3 is 10.5 Å². The van der Waals surface area contributed by atoms with Gasteiger partial charge in [-0.1, -0.05) is 0 Å². The van der Waals surface area contributed by atoms with Crippen LogP contribution in [-0.4, -0.2) is 12.1 Å². The number of hydrogen-bond acceptors (Lipinski definition) is 3. The zero-order valence-corrected chi connectivity index (χ0v) is 8.68. The van der Waals surface area contributed by atoms with Crippen molar-refractivity contribution in [2.24, 2.45) is 5.73 Å². The molecule has 0 aromatic carbocycles. The summed E-state index contributed by atoms with van der Waals surface area (Å²) in [6, 6.07) is 0. The van der Waals surface area contributed by atoms with E-state index in [1.165, 1.54) is 0 Å². The maximum absolute atomic E-state index is 5.56. The summed E-state index contributed by atoms with van der Waals surface area (Å²) in [6.45, 7) is 2.43. The minimum absolute atomic E-state index is 0.491. The molecule has 3 nitrogen and oxygen atoms in total. The van der Waals surface area contributed by atoms with Crippen LogP contribution in [0.4, 0.5) is 0 Å². The molecule has 0 saturated heterocycles. The molecule has 1 heterocycles. The first kappa shape index (κ1) is 9.48.